The maximum atomic E-state index is 10.5. The van der Waals surface area contributed by atoms with E-state index in [0.29, 0.717) is 19.8 Å². The van der Waals surface area contributed by atoms with Gasteiger partial charge in [-0.3, -0.25) is 4.90 Å². The summed E-state index contributed by atoms with van der Waals surface area (Å²) in [7, 11) is 3.25. The zero-order valence-electron chi connectivity index (χ0n) is 18.8. The fourth-order valence-electron chi connectivity index (χ4n) is 3.89. The summed E-state index contributed by atoms with van der Waals surface area (Å²) in [5.41, 5.74) is 1.99. The number of hydrogen-bond donors (Lipinski definition) is 1. The van der Waals surface area contributed by atoms with Gasteiger partial charge in [0.2, 0.25) is 0 Å². The second kappa shape index (κ2) is 11.8. The van der Waals surface area contributed by atoms with Crippen LogP contribution in [0.15, 0.2) is 42.5 Å². The summed E-state index contributed by atoms with van der Waals surface area (Å²) in [4.78, 5) is 4.62. The smallest absolute Gasteiger partial charge is 0.142 e. The number of hydrogen-bond acceptors (Lipinski definition) is 7. The van der Waals surface area contributed by atoms with Gasteiger partial charge in [-0.1, -0.05) is 18.2 Å². The van der Waals surface area contributed by atoms with Crippen molar-refractivity contribution in [2.75, 3.05) is 65.1 Å². The van der Waals surface area contributed by atoms with Crippen LogP contribution in [0.2, 0.25) is 0 Å². The molecule has 0 aromatic heterocycles. The van der Waals surface area contributed by atoms with Crippen LogP contribution in [0.4, 0.5) is 5.69 Å². The Kier molecular flexibility index (Phi) is 8.82. The monoisotopic (exact) mass is 430 g/mol. The molecule has 31 heavy (non-hydrogen) atoms. The molecule has 2 aromatic carbocycles. The predicted molar refractivity (Wildman–Crippen MR) is 121 cm³/mol. The summed E-state index contributed by atoms with van der Waals surface area (Å²) in [6.07, 6.45) is -0.553. The van der Waals surface area contributed by atoms with Gasteiger partial charge in [-0.2, -0.15) is 0 Å². The first-order valence-corrected chi connectivity index (χ1v) is 10.8. The van der Waals surface area contributed by atoms with Crippen LogP contribution in [0.3, 0.4) is 0 Å². The van der Waals surface area contributed by atoms with Gasteiger partial charge in [0.05, 0.1) is 51.4 Å². The number of benzene rings is 2. The molecule has 1 aliphatic rings. The Morgan fingerprint density at radius 1 is 0.903 bits per heavy atom. The topological polar surface area (TPSA) is 63.6 Å². The quantitative estimate of drug-likeness (QED) is 0.588. The minimum absolute atomic E-state index is 0.259. The highest BCUT2D eigenvalue weighted by molar-refractivity contribution is 5.58. The number of nitrogens with zero attached hydrogens (tertiary/aromatic N) is 2. The summed E-state index contributed by atoms with van der Waals surface area (Å²) >= 11 is 0. The lowest BCUT2D eigenvalue weighted by Gasteiger charge is -2.37. The van der Waals surface area contributed by atoms with Crippen LogP contribution in [0.5, 0.6) is 17.2 Å². The molecule has 1 saturated heterocycles. The van der Waals surface area contributed by atoms with Crippen molar-refractivity contribution >= 4 is 5.69 Å². The zero-order valence-corrected chi connectivity index (χ0v) is 18.8. The maximum Gasteiger partial charge on any atom is 0.142 e. The van der Waals surface area contributed by atoms with Gasteiger partial charge in [0.15, 0.2) is 0 Å². The Morgan fingerprint density at radius 2 is 1.55 bits per heavy atom. The molecule has 1 heterocycles. The van der Waals surface area contributed by atoms with Crippen LogP contribution in [0.1, 0.15) is 12.5 Å². The molecule has 1 N–H and O–H groups in total. The van der Waals surface area contributed by atoms with E-state index < -0.39 is 6.10 Å². The number of piperazine rings is 1. The molecule has 3 rings (SSSR count). The van der Waals surface area contributed by atoms with Crippen LogP contribution in [0.25, 0.3) is 0 Å². The summed E-state index contributed by atoms with van der Waals surface area (Å²) in [6, 6.07) is 13.8. The van der Waals surface area contributed by atoms with Crippen LogP contribution in [0, 0.1) is 0 Å². The maximum absolute atomic E-state index is 10.5. The van der Waals surface area contributed by atoms with Crippen LogP contribution < -0.4 is 19.1 Å². The zero-order chi connectivity index (χ0) is 22.1. The van der Waals surface area contributed by atoms with E-state index in [4.69, 9.17) is 18.9 Å². The highest BCUT2D eigenvalue weighted by Crippen LogP contribution is 2.30. The Labute approximate surface area is 185 Å². The van der Waals surface area contributed by atoms with E-state index >= 15 is 0 Å². The van der Waals surface area contributed by atoms with E-state index in [1.165, 1.54) is 0 Å². The third kappa shape index (κ3) is 6.26. The molecule has 1 fully saturated rings. The molecule has 0 spiro atoms. The first kappa shape index (κ1) is 23.2. The van der Waals surface area contributed by atoms with Crippen molar-refractivity contribution < 1.29 is 24.1 Å². The van der Waals surface area contributed by atoms with Gasteiger partial charge < -0.3 is 29.0 Å². The van der Waals surface area contributed by atoms with Crippen molar-refractivity contribution in [3.8, 4) is 17.2 Å². The molecule has 2 aromatic rings. The molecule has 0 bridgehead atoms. The Hall–Kier alpha value is -2.48. The van der Waals surface area contributed by atoms with Crippen molar-refractivity contribution in [2.24, 2.45) is 0 Å². The van der Waals surface area contributed by atoms with Crippen molar-refractivity contribution in [3.63, 3.8) is 0 Å². The fraction of sp³-hybridized carbons (Fsp3) is 0.500. The number of ether oxygens (including phenoxy) is 4. The van der Waals surface area contributed by atoms with Gasteiger partial charge in [0, 0.05) is 32.7 Å². The summed E-state index contributed by atoms with van der Waals surface area (Å²) in [5.74, 6) is 2.37. The molecule has 0 radical (unpaired) electrons. The largest absolute Gasteiger partial charge is 0.496 e. The number of aliphatic hydroxyl groups excluding tert-OH is 1. The minimum atomic E-state index is -0.553. The molecule has 1 aliphatic heterocycles. The number of para-hydroxylation sites is 2. The lowest BCUT2D eigenvalue weighted by molar-refractivity contribution is 0.00814. The van der Waals surface area contributed by atoms with Crippen LogP contribution in [-0.2, 0) is 11.3 Å². The molecule has 0 aliphatic carbocycles. The number of aliphatic hydroxyl groups is 1. The first-order valence-electron chi connectivity index (χ1n) is 10.8. The second-order valence-corrected chi connectivity index (χ2v) is 7.50. The molecule has 7 nitrogen and oxygen atoms in total. The van der Waals surface area contributed by atoms with E-state index in [1.807, 2.05) is 43.3 Å². The minimum Gasteiger partial charge on any atom is -0.496 e. The normalized spacial score (nSPS) is 15.5. The molecule has 170 valence electrons. The van der Waals surface area contributed by atoms with Crippen LogP contribution >= 0.6 is 0 Å². The molecule has 0 saturated carbocycles. The van der Waals surface area contributed by atoms with Crippen molar-refractivity contribution in [2.45, 2.75) is 19.6 Å². The van der Waals surface area contributed by atoms with Gasteiger partial charge in [-0.15, -0.1) is 0 Å². The molecule has 1 unspecified atom stereocenters. The van der Waals surface area contributed by atoms with E-state index in [0.717, 1.165) is 54.7 Å². The Balaban J connectivity index is 1.44. The highest BCUT2D eigenvalue weighted by Gasteiger charge is 2.21. The van der Waals surface area contributed by atoms with E-state index in [2.05, 4.69) is 15.9 Å². The average molecular weight is 431 g/mol. The van der Waals surface area contributed by atoms with Gasteiger partial charge in [-0.25, -0.2) is 0 Å². The lowest BCUT2D eigenvalue weighted by Crippen LogP contribution is -2.49. The molecule has 7 heteroatoms. The fourth-order valence-corrected chi connectivity index (χ4v) is 3.89. The number of β-amino-alcohol motifs (C(OH)–C–C–N with tert-alkyl or cyclic N) is 1. The van der Waals surface area contributed by atoms with Crippen LogP contribution in [-0.4, -0.2) is 76.3 Å². The van der Waals surface area contributed by atoms with E-state index in [9.17, 15) is 5.11 Å². The van der Waals surface area contributed by atoms with Gasteiger partial charge in [0.25, 0.3) is 0 Å². The van der Waals surface area contributed by atoms with Crippen molar-refractivity contribution in [1.82, 2.24) is 4.90 Å². The van der Waals surface area contributed by atoms with Gasteiger partial charge >= 0.3 is 0 Å². The second-order valence-electron chi connectivity index (χ2n) is 7.50. The Bertz CT molecular complexity index is 786. The summed E-state index contributed by atoms with van der Waals surface area (Å²) < 4.78 is 22.3. The third-order valence-corrected chi connectivity index (χ3v) is 5.43. The first-order chi connectivity index (χ1) is 15.2. The third-order valence-electron chi connectivity index (χ3n) is 5.43. The van der Waals surface area contributed by atoms with Crippen molar-refractivity contribution in [1.29, 1.82) is 0 Å². The summed E-state index contributed by atoms with van der Waals surface area (Å²) in [5, 5.41) is 10.5. The number of methoxy groups -OCH3 is 2. The van der Waals surface area contributed by atoms with Gasteiger partial charge in [0.1, 0.15) is 17.2 Å². The van der Waals surface area contributed by atoms with Crippen molar-refractivity contribution in [3.05, 3.63) is 48.0 Å². The predicted octanol–water partition coefficient (Wildman–Crippen LogP) is 2.80. The SMILES string of the molecule is CCOc1ccccc1N1CCN(CC(O)COCc2c(OC)cccc2OC)CC1. The van der Waals surface area contributed by atoms with E-state index in [1.54, 1.807) is 14.2 Å². The number of anilines is 1. The average Bonchev–Trinajstić information content (AvgIpc) is 2.80. The molecule has 0 amide bonds. The summed E-state index contributed by atoms with van der Waals surface area (Å²) in [6.45, 7) is 7.40. The number of rotatable bonds is 11. The molecule has 1 atom stereocenters. The molecular weight excluding hydrogens is 396 g/mol. The van der Waals surface area contributed by atoms with Gasteiger partial charge in [-0.05, 0) is 31.2 Å². The lowest BCUT2D eigenvalue weighted by atomic mass is 10.2. The van der Waals surface area contributed by atoms with E-state index in [-0.39, 0.29) is 6.61 Å². The highest BCUT2D eigenvalue weighted by atomic mass is 16.5. The Morgan fingerprint density at radius 3 is 2.19 bits per heavy atom. The standard InChI is InChI=1S/C24H34N2O5/c1-4-31-24-9-6-5-8-21(24)26-14-12-25(13-15-26)16-19(27)17-30-18-20-22(28-2)10-7-11-23(20)29-3/h5-11,19,27H,4,12-18H2,1-3H3. The molecular formula is C24H34N2O5.